The zero-order valence-electron chi connectivity index (χ0n) is 15.0. The SMILES string of the molecule is CC(C)C[C@H](NC(=O)CNC(=O)c1cnn(C)c1-n1cccc1)C(=O)O. The van der Waals surface area contributed by atoms with Gasteiger partial charge in [-0.05, 0) is 24.5 Å². The predicted molar refractivity (Wildman–Crippen MR) is 93.9 cm³/mol. The van der Waals surface area contributed by atoms with Crippen molar-refractivity contribution in [3.05, 3.63) is 36.3 Å². The van der Waals surface area contributed by atoms with Crippen molar-refractivity contribution in [2.24, 2.45) is 13.0 Å². The summed E-state index contributed by atoms with van der Waals surface area (Å²) in [5.74, 6) is -1.44. The van der Waals surface area contributed by atoms with Crippen molar-refractivity contribution in [2.75, 3.05) is 6.54 Å². The largest absolute Gasteiger partial charge is 0.480 e. The number of aromatic nitrogens is 3. The third kappa shape index (κ3) is 4.71. The van der Waals surface area contributed by atoms with Gasteiger partial charge in [0.1, 0.15) is 17.4 Å². The number of aryl methyl sites for hydroxylation is 1. The van der Waals surface area contributed by atoms with E-state index in [1.165, 1.54) is 6.20 Å². The maximum absolute atomic E-state index is 12.4. The number of aliphatic carboxylic acids is 1. The van der Waals surface area contributed by atoms with Crippen LogP contribution in [0.3, 0.4) is 0 Å². The second-order valence-corrected chi connectivity index (χ2v) is 6.37. The zero-order valence-corrected chi connectivity index (χ0v) is 15.0. The smallest absolute Gasteiger partial charge is 0.326 e. The molecule has 0 saturated carbocycles. The summed E-state index contributed by atoms with van der Waals surface area (Å²) in [7, 11) is 1.71. The summed E-state index contributed by atoms with van der Waals surface area (Å²) in [4.78, 5) is 35.6. The fourth-order valence-corrected chi connectivity index (χ4v) is 2.57. The van der Waals surface area contributed by atoms with E-state index in [9.17, 15) is 14.4 Å². The van der Waals surface area contributed by atoms with Crippen LogP contribution in [0, 0.1) is 5.92 Å². The first-order valence-corrected chi connectivity index (χ1v) is 8.25. The minimum Gasteiger partial charge on any atom is -0.480 e. The van der Waals surface area contributed by atoms with Crippen molar-refractivity contribution < 1.29 is 19.5 Å². The highest BCUT2D eigenvalue weighted by Gasteiger charge is 2.22. The van der Waals surface area contributed by atoms with Crippen LogP contribution in [0.4, 0.5) is 0 Å². The number of rotatable bonds is 8. The van der Waals surface area contributed by atoms with Crippen LogP contribution in [0.15, 0.2) is 30.7 Å². The highest BCUT2D eigenvalue weighted by molar-refractivity contribution is 5.99. The maximum Gasteiger partial charge on any atom is 0.326 e. The molecule has 0 spiro atoms. The van der Waals surface area contributed by atoms with Gasteiger partial charge in [-0.3, -0.25) is 14.3 Å². The van der Waals surface area contributed by atoms with Crippen LogP contribution in [0.5, 0.6) is 0 Å². The molecule has 26 heavy (non-hydrogen) atoms. The first kappa shape index (κ1) is 19.2. The van der Waals surface area contributed by atoms with E-state index in [4.69, 9.17) is 5.11 Å². The molecule has 2 amide bonds. The molecule has 9 heteroatoms. The first-order chi connectivity index (χ1) is 12.3. The molecule has 0 saturated heterocycles. The summed E-state index contributed by atoms with van der Waals surface area (Å²) in [6, 6.07) is 2.67. The van der Waals surface area contributed by atoms with E-state index in [1.54, 1.807) is 28.7 Å². The van der Waals surface area contributed by atoms with Gasteiger partial charge in [-0.25, -0.2) is 4.79 Å². The lowest BCUT2D eigenvalue weighted by atomic mass is 10.0. The molecule has 140 valence electrons. The molecule has 3 N–H and O–H groups in total. The van der Waals surface area contributed by atoms with Crippen LogP contribution in [-0.4, -0.2) is 49.8 Å². The number of carbonyl (C=O) groups excluding carboxylic acids is 2. The van der Waals surface area contributed by atoms with Gasteiger partial charge in [0.15, 0.2) is 0 Å². The fourth-order valence-electron chi connectivity index (χ4n) is 2.57. The van der Waals surface area contributed by atoms with Gasteiger partial charge in [0.25, 0.3) is 5.91 Å². The molecule has 2 rings (SSSR count). The Morgan fingerprint density at radius 1 is 1.23 bits per heavy atom. The highest BCUT2D eigenvalue weighted by atomic mass is 16.4. The summed E-state index contributed by atoms with van der Waals surface area (Å²) in [6.07, 6.45) is 5.30. The molecule has 9 nitrogen and oxygen atoms in total. The Balaban J connectivity index is 1.99. The molecule has 0 bridgehead atoms. The Kier molecular flexibility index (Phi) is 6.16. The van der Waals surface area contributed by atoms with Crippen molar-refractivity contribution in [3.8, 4) is 5.82 Å². The minimum absolute atomic E-state index is 0.116. The van der Waals surface area contributed by atoms with Gasteiger partial charge in [-0.1, -0.05) is 13.8 Å². The Bertz CT molecular complexity index is 779. The van der Waals surface area contributed by atoms with Crippen LogP contribution >= 0.6 is 0 Å². The molecule has 1 atom stereocenters. The van der Waals surface area contributed by atoms with Crippen LogP contribution in [-0.2, 0) is 16.6 Å². The molecule has 0 aromatic carbocycles. The van der Waals surface area contributed by atoms with Crippen LogP contribution < -0.4 is 10.6 Å². The van der Waals surface area contributed by atoms with E-state index in [1.807, 2.05) is 26.0 Å². The lowest BCUT2D eigenvalue weighted by Crippen LogP contribution is -2.46. The van der Waals surface area contributed by atoms with E-state index in [0.29, 0.717) is 17.8 Å². The lowest BCUT2D eigenvalue weighted by Gasteiger charge is -2.16. The molecule has 0 unspecified atom stereocenters. The Hall–Kier alpha value is -3.10. The summed E-state index contributed by atoms with van der Waals surface area (Å²) >= 11 is 0. The fraction of sp³-hybridized carbons (Fsp3) is 0.412. The quantitative estimate of drug-likeness (QED) is 0.635. The lowest BCUT2D eigenvalue weighted by molar-refractivity contribution is -0.142. The maximum atomic E-state index is 12.4. The van der Waals surface area contributed by atoms with Crippen LogP contribution in [0.2, 0.25) is 0 Å². The van der Waals surface area contributed by atoms with E-state index < -0.39 is 23.8 Å². The number of nitrogens with one attached hydrogen (secondary N) is 2. The highest BCUT2D eigenvalue weighted by Crippen LogP contribution is 2.13. The Morgan fingerprint density at radius 3 is 2.46 bits per heavy atom. The molecular formula is C17H23N5O4. The summed E-state index contributed by atoms with van der Waals surface area (Å²) < 4.78 is 3.29. The third-order valence-corrected chi connectivity index (χ3v) is 3.75. The molecule has 0 fully saturated rings. The van der Waals surface area contributed by atoms with Gasteiger partial charge in [0, 0.05) is 19.4 Å². The molecule has 2 aromatic heterocycles. The van der Waals surface area contributed by atoms with Crippen molar-refractivity contribution in [2.45, 2.75) is 26.3 Å². The van der Waals surface area contributed by atoms with E-state index in [2.05, 4.69) is 15.7 Å². The van der Waals surface area contributed by atoms with Crippen molar-refractivity contribution in [1.29, 1.82) is 0 Å². The van der Waals surface area contributed by atoms with Gasteiger partial charge in [0.2, 0.25) is 5.91 Å². The number of carbonyl (C=O) groups is 3. The molecule has 0 aliphatic carbocycles. The van der Waals surface area contributed by atoms with Crippen molar-refractivity contribution >= 4 is 17.8 Å². The molecule has 0 radical (unpaired) electrons. The Morgan fingerprint density at radius 2 is 1.88 bits per heavy atom. The van der Waals surface area contributed by atoms with E-state index in [0.717, 1.165) is 0 Å². The average molecular weight is 361 g/mol. The van der Waals surface area contributed by atoms with Gasteiger partial charge in [-0.2, -0.15) is 5.10 Å². The Labute approximate surface area is 151 Å². The number of hydrogen-bond acceptors (Lipinski definition) is 4. The molecular weight excluding hydrogens is 338 g/mol. The molecule has 2 heterocycles. The molecule has 0 aliphatic rings. The standard InChI is InChI=1S/C17H23N5O4/c1-11(2)8-13(17(25)26)20-14(23)10-18-15(24)12-9-19-21(3)16(12)22-6-4-5-7-22/h4-7,9,11,13H,8,10H2,1-3H3,(H,18,24)(H,20,23)(H,25,26)/t13-/m0/s1. The summed E-state index contributed by atoms with van der Waals surface area (Å²) in [5, 5.41) is 18.2. The van der Waals surface area contributed by atoms with Crippen molar-refractivity contribution in [1.82, 2.24) is 25.0 Å². The number of nitrogens with zero attached hydrogens (tertiary/aromatic N) is 3. The predicted octanol–water partition coefficient (Wildman–Crippen LogP) is 0.556. The van der Waals surface area contributed by atoms with Gasteiger partial charge < -0.3 is 20.3 Å². The summed E-state index contributed by atoms with van der Waals surface area (Å²) in [6.45, 7) is 3.42. The summed E-state index contributed by atoms with van der Waals surface area (Å²) in [5.41, 5.74) is 0.313. The van der Waals surface area contributed by atoms with E-state index in [-0.39, 0.29) is 12.5 Å². The van der Waals surface area contributed by atoms with E-state index >= 15 is 0 Å². The number of hydrogen-bond donors (Lipinski definition) is 3. The molecule has 2 aromatic rings. The zero-order chi connectivity index (χ0) is 19.3. The van der Waals surface area contributed by atoms with Crippen molar-refractivity contribution in [3.63, 3.8) is 0 Å². The van der Waals surface area contributed by atoms with Gasteiger partial charge in [0.05, 0.1) is 12.7 Å². The third-order valence-electron chi connectivity index (χ3n) is 3.75. The monoisotopic (exact) mass is 361 g/mol. The van der Waals surface area contributed by atoms with Gasteiger partial charge >= 0.3 is 5.97 Å². The number of amides is 2. The normalized spacial score (nSPS) is 12.0. The molecule has 0 aliphatic heterocycles. The van der Waals surface area contributed by atoms with Crippen LogP contribution in [0.1, 0.15) is 30.6 Å². The van der Waals surface area contributed by atoms with Gasteiger partial charge in [-0.15, -0.1) is 0 Å². The average Bonchev–Trinajstić information content (AvgIpc) is 3.20. The second-order valence-electron chi connectivity index (χ2n) is 6.37. The minimum atomic E-state index is -1.10. The number of carboxylic acid groups (broad SMARTS) is 1. The second kappa shape index (κ2) is 8.32. The topological polar surface area (TPSA) is 118 Å². The first-order valence-electron chi connectivity index (χ1n) is 8.25. The number of carboxylic acids is 1. The van der Waals surface area contributed by atoms with Crippen LogP contribution in [0.25, 0.3) is 5.82 Å².